The van der Waals surface area contributed by atoms with E-state index in [0.29, 0.717) is 12.1 Å². The molecule has 0 saturated heterocycles. The molecule has 0 saturated carbocycles. The van der Waals surface area contributed by atoms with Gasteiger partial charge in [0.1, 0.15) is 12.1 Å². The zero-order valence-electron chi connectivity index (χ0n) is 9.74. The van der Waals surface area contributed by atoms with Gasteiger partial charge in [0, 0.05) is 5.69 Å². The van der Waals surface area contributed by atoms with Gasteiger partial charge in [0.2, 0.25) is 11.9 Å². The van der Waals surface area contributed by atoms with Gasteiger partial charge in [-0.1, -0.05) is 0 Å². The predicted molar refractivity (Wildman–Crippen MR) is 62.3 cm³/mol. The Labute approximate surface area is 110 Å². The minimum Gasteiger partial charge on any atom is -0.324 e. The third kappa shape index (κ3) is 3.09. The second-order valence-electron chi connectivity index (χ2n) is 3.59. The Morgan fingerprint density at radius 3 is 2.45 bits per heavy atom. The lowest BCUT2D eigenvalue weighted by atomic mass is 10.2. The van der Waals surface area contributed by atoms with Gasteiger partial charge >= 0.3 is 6.18 Å². The van der Waals surface area contributed by atoms with Gasteiger partial charge in [-0.3, -0.25) is 5.43 Å². The van der Waals surface area contributed by atoms with Gasteiger partial charge in [0.25, 0.3) is 0 Å². The lowest BCUT2D eigenvalue weighted by molar-refractivity contribution is -0.139. The minimum atomic E-state index is -4.79. The summed E-state index contributed by atoms with van der Waals surface area (Å²) in [6.45, 7) is 0. The van der Waals surface area contributed by atoms with Crippen molar-refractivity contribution >= 4 is 17.6 Å². The van der Waals surface area contributed by atoms with Crippen LogP contribution in [0.1, 0.15) is 5.56 Å². The molecule has 20 heavy (non-hydrogen) atoms. The number of hydrazine groups is 1. The molecule has 6 nitrogen and oxygen atoms in total. The Balaban J connectivity index is 2.30. The zero-order chi connectivity index (χ0) is 14.8. The van der Waals surface area contributed by atoms with Gasteiger partial charge < -0.3 is 5.32 Å². The number of rotatable bonds is 3. The second kappa shape index (κ2) is 5.25. The highest BCUT2D eigenvalue weighted by Gasteiger charge is 2.34. The van der Waals surface area contributed by atoms with Crippen LogP contribution < -0.4 is 16.6 Å². The smallest absolute Gasteiger partial charge is 0.324 e. The number of benzene rings is 1. The highest BCUT2D eigenvalue weighted by Crippen LogP contribution is 2.33. The van der Waals surface area contributed by atoms with Crippen molar-refractivity contribution in [3.05, 3.63) is 35.9 Å². The molecule has 2 rings (SSSR count). The van der Waals surface area contributed by atoms with E-state index in [0.717, 1.165) is 12.4 Å². The largest absolute Gasteiger partial charge is 0.419 e. The topological polar surface area (TPSA) is 88.8 Å². The lowest BCUT2D eigenvalue weighted by Crippen LogP contribution is -2.12. The molecule has 0 radical (unpaired) electrons. The molecule has 1 aromatic heterocycles. The molecule has 0 bridgehead atoms. The molecule has 0 amide bonds. The first-order valence-corrected chi connectivity index (χ1v) is 5.19. The average molecular weight is 288 g/mol. The summed E-state index contributed by atoms with van der Waals surface area (Å²) in [6, 6.07) is 2.45. The van der Waals surface area contributed by atoms with E-state index in [2.05, 4.69) is 25.7 Å². The van der Waals surface area contributed by atoms with E-state index in [1.165, 1.54) is 0 Å². The van der Waals surface area contributed by atoms with Crippen molar-refractivity contribution in [2.24, 2.45) is 5.84 Å². The number of anilines is 3. The molecule has 0 unspecified atom stereocenters. The molecule has 0 fully saturated rings. The number of nitrogens with two attached hydrogens (primary N) is 1. The van der Waals surface area contributed by atoms with Gasteiger partial charge in [-0.25, -0.2) is 20.2 Å². The molecule has 106 valence electrons. The Hall–Kier alpha value is -2.49. The molecule has 1 heterocycles. The van der Waals surface area contributed by atoms with Crippen LogP contribution in [-0.4, -0.2) is 15.0 Å². The van der Waals surface area contributed by atoms with Gasteiger partial charge in [0.15, 0.2) is 0 Å². The summed E-state index contributed by atoms with van der Waals surface area (Å²) in [5, 5.41) is 2.49. The van der Waals surface area contributed by atoms with E-state index in [-0.39, 0.29) is 17.6 Å². The number of hydrogen-bond donors (Lipinski definition) is 3. The van der Waals surface area contributed by atoms with Gasteiger partial charge in [-0.05, 0) is 18.2 Å². The predicted octanol–water partition coefficient (Wildman–Crippen LogP) is 2.06. The molecule has 4 N–H and O–H groups in total. The minimum absolute atomic E-state index is 0.0205. The van der Waals surface area contributed by atoms with Crippen LogP contribution in [0.15, 0.2) is 24.5 Å². The van der Waals surface area contributed by atoms with Crippen LogP contribution in [0.4, 0.5) is 35.1 Å². The summed E-state index contributed by atoms with van der Waals surface area (Å²) in [4.78, 5) is 11.1. The van der Waals surface area contributed by atoms with Crippen molar-refractivity contribution in [1.82, 2.24) is 15.0 Å². The molecule has 0 aliphatic heterocycles. The van der Waals surface area contributed by atoms with Crippen molar-refractivity contribution in [1.29, 1.82) is 0 Å². The quantitative estimate of drug-likeness (QED) is 0.455. The van der Waals surface area contributed by atoms with Crippen molar-refractivity contribution in [2.45, 2.75) is 6.18 Å². The number of nitrogen functional groups attached to an aromatic ring is 1. The standard InChI is InChI=1S/C10H8F4N6/c11-7-2-1-5(3-6(7)10(12,13)14)18-8-16-4-17-9(19-8)20-15/h1-4H,15H2,(H2,16,17,18,19,20). The summed E-state index contributed by atoms with van der Waals surface area (Å²) in [5.74, 6) is 3.72. The van der Waals surface area contributed by atoms with Crippen LogP contribution in [0.3, 0.4) is 0 Å². The highest BCUT2D eigenvalue weighted by atomic mass is 19.4. The molecule has 0 aliphatic carbocycles. The maximum Gasteiger partial charge on any atom is 0.419 e. The third-order valence-electron chi connectivity index (χ3n) is 2.23. The number of nitrogens with zero attached hydrogens (tertiary/aromatic N) is 3. The van der Waals surface area contributed by atoms with E-state index < -0.39 is 17.6 Å². The molecular weight excluding hydrogens is 280 g/mol. The lowest BCUT2D eigenvalue weighted by Gasteiger charge is -2.11. The molecule has 0 aliphatic rings. The van der Waals surface area contributed by atoms with Crippen molar-refractivity contribution in [3.63, 3.8) is 0 Å². The van der Waals surface area contributed by atoms with Crippen molar-refractivity contribution < 1.29 is 17.6 Å². The number of nitrogens with one attached hydrogen (secondary N) is 2. The fraction of sp³-hybridized carbons (Fsp3) is 0.100. The van der Waals surface area contributed by atoms with Crippen LogP contribution in [0, 0.1) is 5.82 Å². The number of aromatic nitrogens is 3. The van der Waals surface area contributed by atoms with E-state index in [1.807, 2.05) is 0 Å². The first kappa shape index (κ1) is 13.9. The SMILES string of the molecule is NNc1ncnc(Nc2ccc(F)c(C(F)(F)F)c2)n1. The summed E-state index contributed by atoms with van der Waals surface area (Å²) >= 11 is 0. The molecule has 2 aromatic rings. The van der Waals surface area contributed by atoms with Crippen molar-refractivity contribution in [3.8, 4) is 0 Å². The number of halogens is 4. The summed E-state index contributed by atoms with van der Waals surface area (Å²) in [6.07, 6.45) is -3.68. The van der Waals surface area contributed by atoms with Crippen LogP contribution in [0.25, 0.3) is 0 Å². The Bertz CT molecular complexity index is 615. The molecule has 1 aromatic carbocycles. The maximum absolute atomic E-state index is 13.1. The second-order valence-corrected chi connectivity index (χ2v) is 3.59. The highest BCUT2D eigenvalue weighted by molar-refractivity contribution is 5.55. The summed E-state index contributed by atoms with van der Waals surface area (Å²) < 4.78 is 50.8. The van der Waals surface area contributed by atoms with Crippen molar-refractivity contribution in [2.75, 3.05) is 10.7 Å². The van der Waals surface area contributed by atoms with Gasteiger partial charge in [-0.2, -0.15) is 18.2 Å². The van der Waals surface area contributed by atoms with Gasteiger partial charge in [0.05, 0.1) is 5.56 Å². The van der Waals surface area contributed by atoms with E-state index in [9.17, 15) is 17.6 Å². The average Bonchev–Trinajstić information content (AvgIpc) is 2.40. The van der Waals surface area contributed by atoms with Crippen LogP contribution in [0.5, 0.6) is 0 Å². The van der Waals surface area contributed by atoms with E-state index in [1.54, 1.807) is 0 Å². The fourth-order valence-corrected chi connectivity index (χ4v) is 1.38. The molecular formula is C10H8F4N6. The Morgan fingerprint density at radius 2 is 1.80 bits per heavy atom. The monoisotopic (exact) mass is 288 g/mol. The first-order chi connectivity index (χ1) is 9.40. The zero-order valence-corrected chi connectivity index (χ0v) is 9.74. The van der Waals surface area contributed by atoms with Gasteiger partial charge in [-0.15, -0.1) is 0 Å². The van der Waals surface area contributed by atoms with Crippen LogP contribution >= 0.6 is 0 Å². The normalized spacial score (nSPS) is 11.2. The number of hydrogen-bond acceptors (Lipinski definition) is 6. The molecule has 0 atom stereocenters. The van der Waals surface area contributed by atoms with Crippen LogP contribution in [-0.2, 0) is 6.18 Å². The molecule has 10 heteroatoms. The first-order valence-electron chi connectivity index (χ1n) is 5.19. The number of alkyl halides is 3. The summed E-state index contributed by atoms with van der Waals surface area (Å²) in [7, 11) is 0. The van der Waals surface area contributed by atoms with E-state index in [4.69, 9.17) is 5.84 Å². The molecule has 0 spiro atoms. The fourth-order valence-electron chi connectivity index (χ4n) is 1.38. The third-order valence-corrected chi connectivity index (χ3v) is 2.23. The van der Waals surface area contributed by atoms with E-state index >= 15 is 0 Å². The van der Waals surface area contributed by atoms with Crippen LogP contribution in [0.2, 0.25) is 0 Å². The Kier molecular flexibility index (Phi) is 3.66. The summed E-state index contributed by atoms with van der Waals surface area (Å²) in [5.41, 5.74) is 0.754. The maximum atomic E-state index is 13.1. The Morgan fingerprint density at radius 1 is 1.10 bits per heavy atom.